The van der Waals surface area contributed by atoms with Crippen LogP contribution < -0.4 is 15.5 Å². The summed E-state index contributed by atoms with van der Waals surface area (Å²) in [4.78, 5) is 19.3. The van der Waals surface area contributed by atoms with Crippen molar-refractivity contribution in [2.75, 3.05) is 37.6 Å². The number of pyridine rings is 1. The molecule has 7 heteroatoms. The summed E-state index contributed by atoms with van der Waals surface area (Å²) >= 11 is 0. The number of aryl methyl sites for hydroxylation is 1. The van der Waals surface area contributed by atoms with Crippen LogP contribution in [0.5, 0.6) is 0 Å². The van der Waals surface area contributed by atoms with Crippen LogP contribution in [-0.4, -0.2) is 43.6 Å². The van der Waals surface area contributed by atoms with Gasteiger partial charge in [-0.2, -0.15) is 0 Å². The van der Waals surface area contributed by atoms with Crippen LogP contribution >= 0.6 is 0 Å². The Morgan fingerprint density at radius 3 is 2.58 bits per heavy atom. The molecule has 5 nitrogen and oxygen atoms in total. The number of hydrogen-bond acceptors (Lipinski definition) is 4. The van der Waals surface area contributed by atoms with Gasteiger partial charge in [0, 0.05) is 64.9 Å². The van der Waals surface area contributed by atoms with Crippen molar-refractivity contribution in [2.45, 2.75) is 38.5 Å². The van der Waals surface area contributed by atoms with Crippen LogP contribution in [0.25, 0.3) is 16.7 Å². The normalized spacial score (nSPS) is 17.9. The minimum Gasteiger partial charge on any atom is -0.367 e. The molecule has 1 saturated heterocycles. The molecule has 0 spiro atoms. The number of nitrogens with one attached hydrogen (secondary N) is 2. The number of allylic oxidation sites excluding steroid dienone is 1. The van der Waals surface area contributed by atoms with Gasteiger partial charge >= 0.3 is 0 Å². The number of hydrogen-bond donors (Lipinski definition) is 2. The Kier molecular flexibility index (Phi) is 6.94. The molecule has 1 aromatic heterocycles. The number of nitrogens with zero attached hydrogens (tertiary/aromatic N) is 2. The Labute approximate surface area is 224 Å². The molecule has 0 radical (unpaired) electrons. The molecule has 38 heavy (non-hydrogen) atoms. The first kappa shape index (κ1) is 24.7. The molecule has 0 unspecified atom stereocenters. The van der Waals surface area contributed by atoms with E-state index in [1.54, 1.807) is 12.3 Å². The van der Waals surface area contributed by atoms with Crippen molar-refractivity contribution < 1.29 is 16.4 Å². The van der Waals surface area contributed by atoms with Crippen LogP contribution in [0.2, 0.25) is 0 Å². The molecule has 3 heterocycles. The molecule has 1 aliphatic carbocycles. The third-order valence-corrected chi connectivity index (χ3v) is 7.88. The van der Waals surface area contributed by atoms with Crippen molar-refractivity contribution in [1.82, 2.24) is 15.6 Å². The maximum absolute atomic E-state index is 14.8. The lowest BCUT2D eigenvalue weighted by Crippen LogP contribution is -2.44. The zero-order chi connectivity index (χ0) is 26.1. The minimum absolute atomic E-state index is 0. The lowest BCUT2D eigenvalue weighted by molar-refractivity contribution is 0.0951. The number of aromatic nitrogens is 1. The largest absolute Gasteiger partial charge is 0.367 e. The van der Waals surface area contributed by atoms with Gasteiger partial charge in [-0.15, -0.1) is 0 Å². The highest BCUT2D eigenvalue weighted by atomic mass is 19.2. The first-order valence-corrected chi connectivity index (χ1v) is 13.6. The molecular formula is C31H36F2N4O. The van der Waals surface area contributed by atoms with E-state index in [0.29, 0.717) is 37.3 Å². The number of carbonyl (C=O) groups is 1. The zero-order valence-electron chi connectivity index (χ0n) is 21.5. The summed E-state index contributed by atoms with van der Waals surface area (Å²) in [6, 6.07) is 11.1. The third-order valence-electron chi connectivity index (χ3n) is 7.88. The van der Waals surface area contributed by atoms with Gasteiger partial charge < -0.3 is 15.5 Å². The minimum atomic E-state index is -0.848. The molecule has 200 valence electrons. The van der Waals surface area contributed by atoms with E-state index in [1.807, 2.05) is 23.1 Å². The molecule has 3 aliphatic rings. The van der Waals surface area contributed by atoms with Crippen LogP contribution in [0, 0.1) is 11.6 Å². The fraction of sp³-hybridized carbons (Fsp3) is 0.355. The van der Waals surface area contributed by atoms with Crippen molar-refractivity contribution >= 4 is 17.2 Å². The molecule has 1 fully saturated rings. The van der Waals surface area contributed by atoms with E-state index in [9.17, 15) is 13.6 Å². The summed E-state index contributed by atoms with van der Waals surface area (Å²) in [7, 11) is 0. The van der Waals surface area contributed by atoms with Crippen molar-refractivity contribution in [2.24, 2.45) is 0 Å². The number of anilines is 1. The SMILES string of the molecule is O=C1NCCCCCCc2cc(C3=CCc4ncc(-c5cc(F)c(F)c(N6CCNCC6)c5)cc43)ccc21.[HH].[HH]. The first-order chi connectivity index (χ1) is 18.6. The van der Waals surface area contributed by atoms with E-state index in [4.69, 9.17) is 4.98 Å². The first-order valence-electron chi connectivity index (χ1n) is 13.6. The van der Waals surface area contributed by atoms with E-state index < -0.39 is 11.6 Å². The molecule has 2 N–H and O–H groups in total. The highest BCUT2D eigenvalue weighted by Gasteiger charge is 2.23. The van der Waals surface area contributed by atoms with Gasteiger partial charge in [-0.05, 0) is 65.8 Å². The summed E-state index contributed by atoms with van der Waals surface area (Å²) in [5.74, 6) is -1.66. The molecule has 6 rings (SSSR count). The third kappa shape index (κ3) is 4.83. The highest BCUT2D eigenvalue weighted by Crippen LogP contribution is 2.37. The fourth-order valence-electron chi connectivity index (χ4n) is 5.79. The van der Waals surface area contributed by atoms with E-state index in [1.165, 1.54) is 6.07 Å². The second-order valence-electron chi connectivity index (χ2n) is 10.4. The Morgan fingerprint density at radius 2 is 1.71 bits per heavy atom. The summed E-state index contributed by atoms with van der Waals surface area (Å²) in [5, 5.41) is 6.30. The Balaban J connectivity index is 0.00000185. The van der Waals surface area contributed by atoms with Gasteiger partial charge in [-0.25, -0.2) is 8.78 Å². The van der Waals surface area contributed by atoms with Crippen LogP contribution in [-0.2, 0) is 12.8 Å². The second kappa shape index (κ2) is 10.7. The molecule has 1 amide bonds. The number of benzene rings is 2. The monoisotopic (exact) mass is 518 g/mol. The smallest absolute Gasteiger partial charge is 0.251 e. The van der Waals surface area contributed by atoms with Crippen LogP contribution in [0.1, 0.15) is 61.3 Å². The number of halogens is 2. The summed E-state index contributed by atoms with van der Waals surface area (Å²) in [6.07, 6.45) is 9.88. The standard InChI is InChI=1S/C31H32F2N4O.2H2/c32-27-17-22(18-29(30(27)33)37-13-11-34-12-14-37)23-16-26-24(8-9-28(26)36-19-23)21-6-7-25-20(15-21)5-3-1-2-4-10-35-31(25)38;;/h6-8,15-19,34H,1-5,9-14H2,(H,35,38);2*1H. The Morgan fingerprint density at radius 1 is 0.868 bits per heavy atom. The van der Waals surface area contributed by atoms with Crippen molar-refractivity contribution in [3.63, 3.8) is 0 Å². The van der Waals surface area contributed by atoms with E-state index in [0.717, 1.165) is 84.3 Å². The molecule has 2 aromatic carbocycles. The molecule has 0 atom stereocenters. The van der Waals surface area contributed by atoms with Gasteiger partial charge in [0.1, 0.15) is 0 Å². The van der Waals surface area contributed by atoms with E-state index in [-0.39, 0.29) is 8.76 Å². The summed E-state index contributed by atoms with van der Waals surface area (Å²) in [6.45, 7) is 3.45. The maximum atomic E-state index is 14.8. The number of carbonyl (C=O) groups excluding carboxylic acids is 1. The van der Waals surface area contributed by atoms with Crippen LogP contribution in [0.15, 0.2) is 48.7 Å². The van der Waals surface area contributed by atoms with Crippen molar-refractivity contribution in [1.29, 1.82) is 0 Å². The van der Waals surface area contributed by atoms with E-state index in [2.05, 4.69) is 22.8 Å². The summed E-state index contributed by atoms with van der Waals surface area (Å²) < 4.78 is 29.5. The molecule has 0 bridgehead atoms. The average molecular weight is 519 g/mol. The topological polar surface area (TPSA) is 57.3 Å². The van der Waals surface area contributed by atoms with Gasteiger partial charge in [0.05, 0.1) is 11.4 Å². The number of fused-ring (bicyclic) bond motifs is 2. The fourth-order valence-corrected chi connectivity index (χ4v) is 5.79. The summed E-state index contributed by atoms with van der Waals surface area (Å²) in [5.41, 5.74) is 7.57. The quantitative estimate of drug-likeness (QED) is 0.463. The lowest BCUT2D eigenvalue weighted by Gasteiger charge is -2.30. The van der Waals surface area contributed by atoms with E-state index >= 15 is 0 Å². The average Bonchev–Trinajstić information content (AvgIpc) is 3.37. The number of rotatable bonds is 3. The predicted octanol–water partition coefficient (Wildman–Crippen LogP) is 5.76. The van der Waals surface area contributed by atoms with Gasteiger partial charge in [-0.3, -0.25) is 9.78 Å². The van der Waals surface area contributed by atoms with Gasteiger partial charge in [0.25, 0.3) is 5.91 Å². The van der Waals surface area contributed by atoms with Crippen LogP contribution in [0.3, 0.4) is 0 Å². The number of amides is 1. The maximum Gasteiger partial charge on any atom is 0.251 e. The molecular weight excluding hydrogens is 482 g/mol. The molecule has 0 saturated carbocycles. The van der Waals surface area contributed by atoms with Gasteiger partial charge in [0.2, 0.25) is 0 Å². The number of piperazine rings is 1. The zero-order valence-corrected chi connectivity index (χ0v) is 21.5. The molecule has 3 aromatic rings. The predicted molar refractivity (Wildman–Crippen MR) is 151 cm³/mol. The Bertz CT molecular complexity index is 1420. The Hall–Kier alpha value is -3.58. The van der Waals surface area contributed by atoms with Crippen molar-refractivity contribution in [3.8, 4) is 11.1 Å². The van der Waals surface area contributed by atoms with Crippen molar-refractivity contribution in [3.05, 3.63) is 88.3 Å². The second-order valence-corrected chi connectivity index (χ2v) is 10.4. The lowest BCUT2D eigenvalue weighted by atomic mass is 9.92. The molecule has 2 aliphatic heterocycles. The highest BCUT2D eigenvalue weighted by molar-refractivity contribution is 5.97. The van der Waals surface area contributed by atoms with Gasteiger partial charge in [-0.1, -0.05) is 31.1 Å². The van der Waals surface area contributed by atoms with Gasteiger partial charge in [0.15, 0.2) is 11.6 Å². The van der Waals surface area contributed by atoms with Crippen LogP contribution in [0.4, 0.5) is 14.5 Å².